The molecule has 0 aromatic carbocycles. The van der Waals surface area contributed by atoms with Crippen LogP contribution in [-0.4, -0.2) is 9.38 Å². The van der Waals surface area contributed by atoms with Gasteiger partial charge in [-0.1, -0.05) is 13.8 Å². The van der Waals surface area contributed by atoms with E-state index in [-0.39, 0.29) is 0 Å². The highest BCUT2D eigenvalue weighted by Gasteiger charge is 2.15. The lowest BCUT2D eigenvalue weighted by molar-refractivity contribution is 0.801. The van der Waals surface area contributed by atoms with Crippen molar-refractivity contribution in [2.75, 3.05) is 5.73 Å². The molecular formula is C11H14BrN3. The molecular weight excluding hydrogens is 254 g/mol. The Morgan fingerprint density at radius 3 is 2.67 bits per heavy atom. The minimum Gasteiger partial charge on any atom is -0.382 e. The van der Waals surface area contributed by atoms with Crippen molar-refractivity contribution in [3.8, 4) is 0 Å². The maximum absolute atomic E-state index is 5.93. The molecule has 0 unspecified atom stereocenters. The molecule has 2 N–H and O–H groups in total. The van der Waals surface area contributed by atoms with Crippen LogP contribution in [0.2, 0.25) is 0 Å². The third-order valence-electron chi connectivity index (χ3n) is 2.57. The van der Waals surface area contributed by atoms with Crippen LogP contribution < -0.4 is 5.73 Å². The monoisotopic (exact) mass is 267 g/mol. The average molecular weight is 268 g/mol. The van der Waals surface area contributed by atoms with Crippen LogP contribution in [0.4, 0.5) is 5.82 Å². The highest BCUT2D eigenvalue weighted by atomic mass is 79.9. The zero-order valence-electron chi connectivity index (χ0n) is 9.08. The largest absolute Gasteiger partial charge is 0.382 e. The van der Waals surface area contributed by atoms with Gasteiger partial charge in [0, 0.05) is 10.2 Å². The van der Waals surface area contributed by atoms with Crippen molar-refractivity contribution in [3.05, 3.63) is 28.0 Å². The van der Waals surface area contributed by atoms with E-state index in [1.807, 2.05) is 12.1 Å². The maximum Gasteiger partial charge on any atom is 0.146 e. The normalized spacial score (nSPS) is 11.5. The minimum atomic E-state index is 0.369. The summed E-state index contributed by atoms with van der Waals surface area (Å²) in [6.07, 6.45) is 0. The zero-order chi connectivity index (χ0) is 11.2. The summed E-state index contributed by atoms with van der Waals surface area (Å²) in [6.45, 7) is 6.31. The average Bonchev–Trinajstić information content (AvgIpc) is 2.49. The Balaban J connectivity index is 2.90. The Morgan fingerprint density at radius 2 is 2.07 bits per heavy atom. The second-order valence-electron chi connectivity index (χ2n) is 4.00. The molecule has 0 saturated carbocycles. The quantitative estimate of drug-likeness (QED) is 0.863. The minimum absolute atomic E-state index is 0.369. The summed E-state index contributed by atoms with van der Waals surface area (Å²) < 4.78 is 3.19. The van der Waals surface area contributed by atoms with Crippen LogP contribution in [0.3, 0.4) is 0 Å². The molecule has 2 heterocycles. The van der Waals surface area contributed by atoms with Gasteiger partial charge in [0.2, 0.25) is 0 Å². The molecule has 0 radical (unpaired) electrons. The van der Waals surface area contributed by atoms with Gasteiger partial charge in [-0.3, -0.25) is 4.40 Å². The smallest absolute Gasteiger partial charge is 0.146 e. The molecule has 2 aromatic rings. The van der Waals surface area contributed by atoms with Gasteiger partial charge in [0.25, 0.3) is 0 Å². The van der Waals surface area contributed by atoms with Crippen LogP contribution >= 0.6 is 15.9 Å². The summed E-state index contributed by atoms with van der Waals surface area (Å²) in [6, 6.07) is 3.97. The number of nitrogens with zero attached hydrogens (tertiary/aromatic N) is 2. The highest BCUT2D eigenvalue weighted by molar-refractivity contribution is 9.10. The molecule has 0 spiro atoms. The summed E-state index contributed by atoms with van der Waals surface area (Å²) in [4.78, 5) is 4.36. The summed E-state index contributed by atoms with van der Waals surface area (Å²) >= 11 is 3.52. The number of aromatic nitrogens is 2. The Morgan fingerprint density at radius 1 is 1.40 bits per heavy atom. The molecule has 3 nitrogen and oxygen atoms in total. The second kappa shape index (κ2) is 3.52. The Kier molecular flexibility index (Phi) is 2.46. The molecule has 0 saturated heterocycles. The lowest BCUT2D eigenvalue weighted by atomic mass is 10.1. The summed E-state index contributed by atoms with van der Waals surface area (Å²) in [5.41, 5.74) is 9.07. The number of rotatable bonds is 1. The number of aryl methyl sites for hydroxylation is 1. The zero-order valence-corrected chi connectivity index (χ0v) is 10.7. The lowest BCUT2D eigenvalue weighted by Crippen LogP contribution is -2.02. The molecule has 0 aliphatic carbocycles. The lowest BCUT2D eigenvalue weighted by Gasteiger charge is -2.09. The first-order valence-corrected chi connectivity index (χ1v) is 5.74. The van der Waals surface area contributed by atoms with Crippen LogP contribution in [0.5, 0.6) is 0 Å². The number of halogens is 1. The molecule has 0 atom stereocenters. The summed E-state index contributed by atoms with van der Waals surface area (Å²) in [5.74, 6) is 0.999. The van der Waals surface area contributed by atoms with Crippen molar-refractivity contribution >= 4 is 27.4 Å². The standard InChI is InChI=1S/C11H14BrN3/c1-6(2)10-11(13)14-9-5-4-8(12)7(3)15(9)10/h4-6H,13H2,1-3H3. The molecule has 15 heavy (non-hydrogen) atoms. The number of nitrogens with two attached hydrogens (primary N) is 1. The van der Waals surface area contributed by atoms with E-state index in [0.29, 0.717) is 11.7 Å². The van der Waals surface area contributed by atoms with Crippen molar-refractivity contribution in [2.45, 2.75) is 26.7 Å². The first-order valence-electron chi connectivity index (χ1n) is 4.95. The first kappa shape index (κ1) is 10.5. The molecule has 80 valence electrons. The fraction of sp³-hybridized carbons (Fsp3) is 0.364. The Hall–Kier alpha value is -1.03. The van der Waals surface area contributed by atoms with Gasteiger partial charge in [-0.2, -0.15) is 0 Å². The Bertz CT molecular complexity index is 514. The van der Waals surface area contributed by atoms with Crippen molar-refractivity contribution in [1.82, 2.24) is 9.38 Å². The maximum atomic E-state index is 5.93. The molecule has 2 aromatic heterocycles. The molecule has 0 fully saturated rings. The fourth-order valence-electron chi connectivity index (χ4n) is 1.86. The first-order chi connectivity index (χ1) is 7.02. The third-order valence-corrected chi connectivity index (χ3v) is 3.41. The topological polar surface area (TPSA) is 43.3 Å². The van der Waals surface area contributed by atoms with Gasteiger partial charge in [-0.05, 0) is 40.9 Å². The van der Waals surface area contributed by atoms with E-state index in [9.17, 15) is 0 Å². The van der Waals surface area contributed by atoms with Gasteiger partial charge >= 0.3 is 0 Å². The van der Waals surface area contributed by atoms with Gasteiger partial charge in [-0.15, -0.1) is 0 Å². The van der Waals surface area contributed by atoms with Crippen LogP contribution in [-0.2, 0) is 0 Å². The molecule has 0 aliphatic rings. The highest BCUT2D eigenvalue weighted by Crippen LogP contribution is 2.27. The van der Waals surface area contributed by atoms with Gasteiger partial charge in [-0.25, -0.2) is 4.98 Å². The molecule has 0 amide bonds. The van der Waals surface area contributed by atoms with Crippen LogP contribution in [0.25, 0.3) is 5.65 Å². The van der Waals surface area contributed by atoms with E-state index >= 15 is 0 Å². The number of pyridine rings is 1. The predicted molar refractivity (Wildman–Crippen MR) is 66.1 cm³/mol. The summed E-state index contributed by atoms with van der Waals surface area (Å²) in [7, 11) is 0. The van der Waals surface area contributed by atoms with E-state index in [1.165, 1.54) is 0 Å². The van der Waals surface area contributed by atoms with Crippen molar-refractivity contribution in [2.24, 2.45) is 0 Å². The van der Waals surface area contributed by atoms with Gasteiger partial charge in [0.15, 0.2) is 0 Å². The number of hydrogen-bond acceptors (Lipinski definition) is 2. The Labute approximate surface area is 97.4 Å². The molecule has 4 heteroatoms. The van der Waals surface area contributed by atoms with E-state index in [2.05, 4.69) is 46.1 Å². The van der Waals surface area contributed by atoms with E-state index in [1.54, 1.807) is 0 Å². The number of nitrogen functional groups attached to an aromatic ring is 1. The number of imidazole rings is 1. The molecule has 0 aliphatic heterocycles. The summed E-state index contributed by atoms with van der Waals surface area (Å²) in [5, 5.41) is 0. The molecule has 2 rings (SSSR count). The van der Waals surface area contributed by atoms with Crippen LogP contribution in [0.15, 0.2) is 16.6 Å². The van der Waals surface area contributed by atoms with E-state index in [0.717, 1.165) is 21.5 Å². The predicted octanol–water partition coefficient (Wildman–Crippen LogP) is 3.11. The van der Waals surface area contributed by atoms with Gasteiger partial charge < -0.3 is 5.73 Å². The molecule has 0 bridgehead atoms. The van der Waals surface area contributed by atoms with Gasteiger partial charge in [0.1, 0.15) is 11.5 Å². The van der Waals surface area contributed by atoms with E-state index in [4.69, 9.17) is 5.73 Å². The number of hydrogen-bond donors (Lipinski definition) is 1. The third kappa shape index (κ3) is 1.53. The number of anilines is 1. The van der Waals surface area contributed by atoms with E-state index < -0.39 is 0 Å². The second-order valence-corrected chi connectivity index (χ2v) is 4.85. The van der Waals surface area contributed by atoms with Crippen molar-refractivity contribution < 1.29 is 0 Å². The SMILES string of the molecule is Cc1c(Br)ccc2nc(N)c(C(C)C)n12. The fourth-order valence-corrected chi connectivity index (χ4v) is 2.17. The van der Waals surface area contributed by atoms with Crippen molar-refractivity contribution in [3.63, 3.8) is 0 Å². The van der Waals surface area contributed by atoms with Crippen molar-refractivity contribution in [1.29, 1.82) is 0 Å². The number of fused-ring (bicyclic) bond motifs is 1. The van der Waals surface area contributed by atoms with Crippen LogP contribution in [0, 0.1) is 6.92 Å². The van der Waals surface area contributed by atoms with Crippen LogP contribution in [0.1, 0.15) is 31.2 Å². The van der Waals surface area contributed by atoms with Gasteiger partial charge in [0.05, 0.1) is 5.69 Å².